The molecule has 112 valence electrons. The van der Waals surface area contributed by atoms with Crippen molar-refractivity contribution in [3.05, 3.63) is 24.5 Å². The summed E-state index contributed by atoms with van der Waals surface area (Å²) in [5, 5.41) is 1.11. The summed E-state index contributed by atoms with van der Waals surface area (Å²) in [7, 11) is 3.51. The number of fused-ring (bicyclic) bond motifs is 1. The third-order valence-electron chi connectivity index (χ3n) is 4.19. The number of rotatable bonds is 2. The van der Waals surface area contributed by atoms with E-state index in [0.29, 0.717) is 12.6 Å². The number of hydrogen-bond donors (Lipinski definition) is 1. The third kappa shape index (κ3) is 2.53. The number of aromatic nitrogens is 2. The Labute approximate surface area is 123 Å². The van der Waals surface area contributed by atoms with Crippen molar-refractivity contribution in [2.45, 2.75) is 18.9 Å². The maximum Gasteiger partial charge on any atom is 0.409 e. The number of nitrogens with zero attached hydrogens (tertiary/aromatic N) is 3. The molecule has 21 heavy (non-hydrogen) atoms. The number of likely N-dealkylation sites (tertiary alicyclic amines) is 1. The van der Waals surface area contributed by atoms with E-state index in [4.69, 9.17) is 4.74 Å². The van der Waals surface area contributed by atoms with Gasteiger partial charge >= 0.3 is 6.09 Å². The number of methoxy groups -OCH3 is 1. The number of carbonyl (C=O) groups excluding carboxylic acids is 1. The van der Waals surface area contributed by atoms with Gasteiger partial charge in [-0.2, -0.15) is 0 Å². The average Bonchev–Trinajstić information content (AvgIpc) is 3.02. The molecule has 0 saturated carbocycles. The van der Waals surface area contributed by atoms with E-state index in [1.807, 2.05) is 24.5 Å². The lowest BCUT2D eigenvalue weighted by Crippen LogP contribution is -2.48. The van der Waals surface area contributed by atoms with Gasteiger partial charge in [0.25, 0.3) is 0 Å². The van der Waals surface area contributed by atoms with Crippen LogP contribution in [0.5, 0.6) is 0 Å². The molecule has 2 aromatic heterocycles. The van der Waals surface area contributed by atoms with Crippen LogP contribution >= 0.6 is 0 Å². The number of ether oxygens (including phenoxy) is 1. The van der Waals surface area contributed by atoms with Gasteiger partial charge in [0.15, 0.2) is 0 Å². The van der Waals surface area contributed by atoms with Crippen LogP contribution < -0.4 is 4.90 Å². The van der Waals surface area contributed by atoms with Crippen LogP contribution in [0.1, 0.15) is 12.8 Å². The quantitative estimate of drug-likeness (QED) is 0.920. The molecule has 0 unspecified atom stereocenters. The Balaban J connectivity index is 1.83. The van der Waals surface area contributed by atoms with Crippen LogP contribution in [0.15, 0.2) is 24.5 Å². The molecule has 0 radical (unpaired) electrons. The normalized spacial score (nSPS) is 18.8. The third-order valence-corrected chi connectivity index (χ3v) is 4.19. The molecular formula is C15H20N4O2. The SMILES string of the molecule is COC(=O)N1CCC[C@@H](N(C)c2ccnc3[nH]ccc23)C1. The minimum atomic E-state index is -0.241. The van der Waals surface area contributed by atoms with Gasteiger partial charge in [-0.05, 0) is 25.0 Å². The number of hydrogen-bond acceptors (Lipinski definition) is 4. The number of carbonyl (C=O) groups is 1. The summed E-state index contributed by atoms with van der Waals surface area (Å²) in [5.74, 6) is 0. The van der Waals surface area contributed by atoms with E-state index in [-0.39, 0.29) is 6.09 Å². The number of pyridine rings is 1. The molecule has 3 rings (SSSR count). The Morgan fingerprint density at radius 2 is 2.38 bits per heavy atom. The van der Waals surface area contributed by atoms with Crippen molar-refractivity contribution < 1.29 is 9.53 Å². The molecule has 1 N–H and O–H groups in total. The summed E-state index contributed by atoms with van der Waals surface area (Å²) in [6, 6.07) is 4.35. The lowest BCUT2D eigenvalue weighted by molar-refractivity contribution is 0.111. The van der Waals surface area contributed by atoms with Crippen LogP contribution in [-0.4, -0.2) is 54.2 Å². The number of anilines is 1. The molecule has 1 fully saturated rings. The molecule has 1 atom stereocenters. The Hall–Kier alpha value is -2.24. The molecule has 3 heterocycles. The fourth-order valence-electron chi connectivity index (χ4n) is 3.02. The van der Waals surface area contributed by atoms with Crippen LogP contribution in [0.2, 0.25) is 0 Å². The van der Waals surface area contributed by atoms with Crippen LogP contribution in [0.4, 0.5) is 10.5 Å². The van der Waals surface area contributed by atoms with Gasteiger partial charge in [0, 0.05) is 49.6 Å². The number of piperidine rings is 1. The largest absolute Gasteiger partial charge is 0.453 e. The highest BCUT2D eigenvalue weighted by atomic mass is 16.5. The Bertz CT molecular complexity index is 639. The van der Waals surface area contributed by atoms with Gasteiger partial charge < -0.3 is 19.5 Å². The number of amides is 1. The van der Waals surface area contributed by atoms with Crippen molar-refractivity contribution in [2.24, 2.45) is 0 Å². The van der Waals surface area contributed by atoms with Gasteiger partial charge in [-0.15, -0.1) is 0 Å². The monoisotopic (exact) mass is 288 g/mol. The molecular weight excluding hydrogens is 268 g/mol. The maximum atomic E-state index is 11.7. The fraction of sp³-hybridized carbons (Fsp3) is 0.467. The number of aromatic amines is 1. The first-order chi connectivity index (χ1) is 10.2. The second kappa shape index (κ2) is 5.63. The van der Waals surface area contributed by atoms with E-state index in [1.165, 1.54) is 7.11 Å². The molecule has 2 aromatic rings. The predicted molar refractivity (Wildman–Crippen MR) is 81.5 cm³/mol. The number of H-pyrrole nitrogens is 1. The zero-order valence-electron chi connectivity index (χ0n) is 12.4. The summed E-state index contributed by atoms with van der Waals surface area (Å²) in [6.07, 6.45) is 5.53. The zero-order chi connectivity index (χ0) is 14.8. The molecule has 1 saturated heterocycles. The smallest absolute Gasteiger partial charge is 0.409 e. The lowest BCUT2D eigenvalue weighted by Gasteiger charge is -2.38. The van der Waals surface area contributed by atoms with E-state index in [1.54, 1.807) is 4.90 Å². The molecule has 0 spiro atoms. The Morgan fingerprint density at radius 1 is 1.52 bits per heavy atom. The van der Waals surface area contributed by atoms with Gasteiger partial charge in [-0.1, -0.05) is 0 Å². The van der Waals surface area contributed by atoms with E-state index < -0.39 is 0 Å². The molecule has 1 aliphatic heterocycles. The highest BCUT2D eigenvalue weighted by molar-refractivity contribution is 5.89. The molecule has 6 heteroatoms. The van der Waals surface area contributed by atoms with Crippen molar-refractivity contribution in [3.8, 4) is 0 Å². The van der Waals surface area contributed by atoms with Gasteiger partial charge in [-0.25, -0.2) is 9.78 Å². The van der Waals surface area contributed by atoms with Crippen molar-refractivity contribution in [3.63, 3.8) is 0 Å². The minimum Gasteiger partial charge on any atom is -0.453 e. The van der Waals surface area contributed by atoms with Gasteiger partial charge in [0.1, 0.15) is 5.65 Å². The summed E-state index contributed by atoms with van der Waals surface area (Å²) >= 11 is 0. The topological polar surface area (TPSA) is 61.5 Å². The van der Waals surface area contributed by atoms with Crippen molar-refractivity contribution in [1.29, 1.82) is 0 Å². The van der Waals surface area contributed by atoms with Crippen LogP contribution in [0.25, 0.3) is 11.0 Å². The first-order valence-electron chi connectivity index (χ1n) is 7.18. The van der Waals surface area contributed by atoms with Crippen LogP contribution in [0, 0.1) is 0 Å². The molecule has 1 amide bonds. The summed E-state index contributed by atoms with van der Waals surface area (Å²) in [4.78, 5) is 23.2. The van der Waals surface area contributed by atoms with Gasteiger partial charge in [0.2, 0.25) is 0 Å². The van der Waals surface area contributed by atoms with Crippen molar-refractivity contribution in [1.82, 2.24) is 14.9 Å². The van der Waals surface area contributed by atoms with Gasteiger partial charge in [-0.3, -0.25) is 0 Å². The van der Waals surface area contributed by atoms with E-state index in [0.717, 1.165) is 36.1 Å². The highest BCUT2D eigenvalue weighted by Crippen LogP contribution is 2.27. The first kappa shape index (κ1) is 13.7. The predicted octanol–water partition coefficient (Wildman–Crippen LogP) is 2.23. The van der Waals surface area contributed by atoms with Gasteiger partial charge in [0.05, 0.1) is 7.11 Å². The fourth-order valence-corrected chi connectivity index (χ4v) is 3.02. The summed E-state index contributed by atoms with van der Waals surface area (Å²) in [6.45, 7) is 1.46. The number of nitrogens with one attached hydrogen (secondary N) is 1. The average molecular weight is 288 g/mol. The summed E-state index contributed by atoms with van der Waals surface area (Å²) in [5.41, 5.74) is 2.03. The van der Waals surface area contributed by atoms with Crippen molar-refractivity contribution in [2.75, 3.05) is 32.1 Å². The molecule has 0 aliphatic carbocycles. The van der Waals surface area contributed by atoms with Crippen LogP contribution in [0.3, 0.4) is 0 Å². The lowest BCUT2D eigenvalue weighted by atomic mass is 10.0. The molecule has 0 aromatic carbocycles. The van der Waals surface area contributed by atoms with Crippen LogP contribution in [-0.2, 0) is 4.74 Å². The molecule has 6 nitrogen and oxygen atoms in total. The number of likely N-dealkylation sites (N-methyl/N-ethyl adjacent to an activating group) is 1. The maximum absolute atomic E-state index is 11.7. The van der Waals surface area contributed by atoms with E-state index >= 15 is 0 Å². The molecule has 1 aliphatic rings. The Morgan fingerprint density at radius 3 is 3.19 bits per heavy atom. The standard InChI is InChI=1S/C15H20N4O2/c1-18(11-4-3-9-19(10-11)15(20)21-2)13-6-8-17-14-12(13)5-7-16-14/h5-8,11H,3-4,9-10H2,1-2H3,(H,16,17)/t11-/m1/s1. The second-order valence-electron chi connectivity index (χ2n) is 5.39. The van der Waals surface area contributed by atoms with E-state index in [9.17, 15) is 4.79 Å². The minimum absolute atomic E-state index is 0.241. The Kier molecular flexibility index (Phi) is 3.68. The van der Waals surface area contributed by atoms with Crippen molar-refractivity contribution >= 4 is 22.8 Å². The zero-order valence-corrected chi connectivity index (χ0v) is 12.4. The highest BCUT2D eigenvalue weighted by Gasteiger charge is 2.27. The first-order valence-corrected chi connectivity index (χ1v) is 7.18. The second-order valence-corrected chi connectivity index (χ2v) is 5.39. The summed E-state index contributed by atoms with van der Waals surface area (Å²) < 4.78 is 4.83. The van der Waals surface area contributed by atoms with E-state index in [2.05, 4.69) is 21.9 Å². The molecule has 0 bridgehead atoms.